The Morgan fingerprint density at radius 3 is 2.42 bits per heavy atom. The summed E-state index contributed by atoms with van der Waals surface area (Å²) in [5.74, 6) is -1.14. The number of halogens is 2. The molecule has 0 bridgehead atoms. The first-order valence-electron chi connectivity index (χ1n) is 6.33. The van der Waals surface area contributed by atoms with Gasteiger partial charge in [-0.3, -0.25) is 0 Å². The third-order valence-electron chi connectivity index (χ3n) is 3.38. The van der Waals surface area contributed by atoms with Gasteiger partial charge in [-0.15, -0.1) is 0 Å². The molecule has 0 saturated carbocycles. The van der Waals surface area contributed by atoms with E-state index in [9.17, 15) is 8.78 Å². The maximum atomic E-state index is 13.9. The van der Waals surface area contributed by atoms with Gasteiger partial charge in [0.15, 0.2) is 0 Å². The van der Waals surface area contributed by atoms with Crippen LogP contribution in [0.4, 0.5) is 8.78 Å². The Morgan fingerprint density at radius 1 is 1.05 bits per heavy atom. The van der Waals surface area contributed by atoms with Gasteiger partial charge in [-0.05, 0) is 36.1 Å². The van der Waals surface area contributed by atoms with Crippen LogP contribution in [0.15, 0.2) is 36.4 Å². The van der Waals surface area contributed by atoms with E-state index in [1.165, 1.54) is 6.07 Å². The molecule has 3 heteroatoms. The highest BCUT2D eigenvalue weighted by Crippen LogP contribution is 2.27. The van der Waals surface area contributed by atoms with Gasteiger partial charge in [-0.25, -0.2) is 8.78 Å². The van der Waals surface area contributed by atoms with E-state index < -0.39 is 17.7 Å². The monoisotopic (exact) mass is 261 g/mol. The number of nitrogens with two attached hydrogens (primary N) is 1. The number of hydrogen-bond acceptors (Lipinski definition) is 1. The standard InChI is InChI=1S/C16H17F2N/c1-3-11-6-4-5-7-12(11)16(19)13-8-10(2)14(17)9-15(13)18/h4-9,16H,3,19H2,1-2H3. The zero-order valence-corrected chi connectivity index (χ0v) is 11.1. The number of rotatable bonds is 3. The topological polar surface area (TPSA) is 26.0 Å². The molecule has 0 radical (unpaired) electrons. The first-order valence-corrected chi connectivity index (χ1v) is 6.33. The molecule has 1 nitrogen and oxygen atoms in total. The van der Waals surface area contributed by atoms with Gasteiger partial charge in [0, 0.05) is 11.6 Å². The van der Waals surface area contributed by atoms with Gasteiger partial charge in [0.05, 0.1) is 6.04 Å². The lowest BCUT2D eigenvalue weighted by atomic mass is 9.93. The Kier molecular flexibility index (Phi) is 3.96. The first kappa shape index (κ1) is 13.7. The minimum absolute atomic E-state index is 0.333. The number of hydrogen-bond donors (Lipinski definition) is 1. The summed E-state index contributed by atoms with van der Waals surface area (Å²) in [6.07, 6.45) is 0.825. The van der Waals surface area contributed by atoms with Crippen LogP contribution in [-0.4, -0.2) is 0 Å². The van der Waals surface area contributed by atoms with E-state index in [-0.39, 0.29) is 0 Å². The van der Waals surface area contributed by atoms with Gasteiger partial charge < -0.3 is 5.73 Å². The second-order valence-electron chi connectivity index (χ2n) is 4.65. The first-order chi connectivity index (χ1) is 9.04. The summed E-state index contributed by atoms with van der Waals surface area (Å²) in [5, 5.41) is 0. The molecule has 0 amide bonds. The van der Waals surface area contributed by atoms with Crippen LogP contribution in [0.1, 0.15) is 35.2 Å². The van der Waals surface area contributed by atoms with Crippen molar-refractivity contribution in [3.8, 4) is 0 Å². The highest BCUT2D eigenvalue weighted by atomic mass is 19.1. The van der Waals surface area contributed by atoms with Crippen LogP contribution < -0.4 is 5.73 Å². The molecule has 19 heavy (non-hydrogen) atoms. The van der Waals surface area contributed by atoms with Crippen LogP contribution in [0.2, 0.25) is 0 Å². The summed E-state index contributed by atoms with van der Waals surface area (Å²) >= 11 is 0. The normalized spacial score (nSPS) is 12.5. The van der Waals surface area contributed by atoms with Crippen LogP contribution in [0, 0.1) is 18.6 Å². The number of benzene rings is 2. The van der Waals surface area contributed by atoms with E-state index in [0.29, 0.717) is 11.1 Å². The molecule has 2 aromatic carbocycles. The molecule has 100 valence electrons. The molecule has 0 heterocycles. The summed E-state index contributed by atoms with van der Waals surface area (Å²) in [4.78, 5) is 0. The Hall–Kier alpha value is -1.74. The lowest BCUT2D eigenvalue weighted by Crippen LogP contribution is -2.16. The zero-order valence-electron chi connectivity index (χ0n) is 11.1. The second kappa shape index (κ2) is 5.49. The fraction of sp³-hybridized carbons (Fsp3) is 0.250. The summed E-state index contributed by atoms with van der Waals surface area (Å²) in [6.45, 7) is 3.63. The quantitative estimate of drug-likeness (QED) is 0.891. The SMILES string of the molecule is CCc1ccccc1C(N)c1cc(C)c(F)cc1F. The van der Waals surface area contributed by atoms with Crippen molar-refractivity contribution in [2.75, 3.05) is 0 Å². The van der Waals surface area contributed by atoms with E-state index in [2.05, 4.69) is 0 Å². The fourth-order valence-corrected chi connectivity index (χ4v) is 2.25. The van der Waals surface area contributed by atoms with Crippen LogP contribution in [0.3, 0.4) is 0 Å². The maximum Gasteiger partial charge on any atom is 0.131 e. The van der Waals surface area contributed by atoms with Crippen LogP contribution >= 0.6 is 0 Å². The molecule has 2 N–H and O–H groups in total. The smallest absolute Gasteiger partial charge is 0.131 e. The van der Waals surface area contributed by atoms with Crippen molar-refractivity contribution in [3.63, 3.8) is 0 Å². The second-order valence-corrected chi connectivity index (χ2v) is 4.65. The summed E-state index contributed by atoms with van der Waals surface area (Å²) in [6, 6.07) is 9.49. The molecule has 0 saturated heterocycles. The highest BCUT2D eigenvalue weighted by molar-refractivity contribution is 5.39. The molecule has 1 unspecified atom stereocenters. The van der Waals surface area contributed by atoms with Gasteiger partial charge >= 0.3 is 0 Å². The van der Waals surface area contributed by atoms with E-state index in [0.717, 1.165) is 23.6 Å². The van der Waals surface area contributed by atoms with Crippen LogP contribution in [0.5, 0.6) is 0 Å². The minimum atomic E-state index is -0.596. The lowest BCUT2D eigenvalue weighted by Gasteiger charge is -2.17. The summed E-state index contributed by atoms with van der Waals surface area (Å²) in [5.41, 5.74) is 8.85. The Balaban J connectivity index is 2.50. The van der Waals surface area contributed by atoms with Gasteiger partial charge in [0.1, 0.15) is 11.6 Å². The van der Waals surface area contributed by atoms with Crippen molar-refractivity contribution >= 4 is 0 Å². The molecule has 1 atom stereocenters. The minimum Gasteiger partial charge on any atom is -0.320 e. The Bertz CT molecular complexity index is 593. The van der Waals surface area contributed by atoms with Crippen molar-refractivity contribution < 1.29 is 8.78 Å². The Labute approximate surface area is 112 Å². The van der Waals surface area contributed by atoms with Crippen molar-refractivity contribution in [1.82, 2.24) is 0 Å². The molecule has 0 aliphatic rings. The average Bonchev–Trinajstić information content (AvgIpc) is 2.42. The molecule has 2 aromatic rings. The van der Waals surface area contributed by atoms with Crippen LogP contribution in [-0.2, 0) is 6.42 Å². The van der Waals surface area contributed by atoms with E-state index in [1.807, 2.05) is 31.2 Å². The number of aryl methyl sites for hydroxylation is 2. The zero-order chi connectivity index (χ0) is 14.0. The van der Waals surface area contributed by atoms with Crippen molar-refractivity contribution in [2.45, 2.75) is 26.3 Å². The van der Waals surface area contributed by atoms with Gasteiger partial charge in [-0.1, -0.05) is 31.2 Å². The van der Waals surface area contributed by atoms with Gasteiger partial charge in [0.2, 0.25) is 0 Å². The van der Waals surface area contributed by atoms with E-state index in [1.54, 1.807) is 6.92 Å². The predicted octanol–water partition coefficient (Wildman–Crippen LogP) is 3.88. The fourth-order valence-electron chi connectivity index (χ4n) is 2.25. The van der Waals surface area contributed by atoms with E-state index >= 15 is 0 Å². The largest absolute Gasteiger partial charge is 0.320 e. The lowest BCUT2D eigenvalue weighted by molar-refractivity contribution is 0.560. The molecular formula is C16H17F2N. The molecule has 0 aliphatic heterocycles. The third kappa shape index (κ3) is 2.66. The van der Waals surface area contributed by atoms with E-state index in [4.69, 9.17) is 5.73 Å². The summed E-state index contributed by atoms with van der Waals surface area (Å²) < 4.78 is 27.2. The summed E-state index contributed by atoms with van der Waals surface area (Å²) in [7, 11) is 0. The molecule has 0 aromatic heterocycles. The van der Waals surface area contributed by atoms with Crippen molar-refractivity contribution in [3.05, 3.63) is 70.3 Å². The van der Waals surface area contributed by atoms with Crippen LogP contribution in [0.25, 0.3) is 0 Å². The van der Waals surface area contributed by atoms with Gasteiger partial charge in [-0.2, -0.15) is 0 Å². The highest BCUT2D eigenvalue weighted by Gasteiger charge is 2.17. The Morgan fingerprint density at radius 2 is 1.74 bits per heavy atom. The average molecular weight is 261 g/mol. The molecular weight excluding hydrogens is 244 g/mol. The molecule has 0 aliphatic carbocycles. The van der Waals surface area contributed by atoms with Crippen molar-refractivity contribution in [1.29, 1.82) is 0 Å². The molecule has 2 rings (SSSR count). The van der Waals surface area contributed by atoms with Gasteiger partial charge in [0.25, 0.3) is 0 Å². The maximum absolute atomic E-state index is 13.9. The van der Waals surface area contributed by atoms with Crippen molar-refractivity contribution in [2.24, 2.45) is 5.73 Å². The third-order valence-corrected chi connectivity index (χ3v) is 3.38. The molecule has 0 spiro atoms. The molecule has 0 fully saturated rings. The predicted molar refractivity (Wildman–Crippen MR) is 72.9 cm³/mol.